The van der Waals surface area contributed by atoms with Crippen LogP contribution in [0.25, 0.3) is 0 Å². The maximum absolute atomic E-state index is 14.0. The van der Waals surface area contributed by atoms with Gasteiger partial charge in [0, 0.05) is 26.2 Å². The fourth-order valence-corrected chi connectivity index (χ4v) is 11.6. The van der Waals surface area contributed by atoms with Crippen LogP contribution in [0, 0.1) is 29.6 Å². The van der Waals surface area contributed by atoms with Gasteiger partial charge in [0.15, 0.2) is 18.1 Å². The van der Waals surface area contributed by atoms with Crippen LogP contribution < -0.4 is 24.6 Å². The normalized spacial score (nSPS) is 26.1. The van der Waals surface area contributed by atoms with Gasteiger partial charge in [0.1, 0.15) is 0 Å². The lowest BCUT2D eigenvalue weighted by Gasteiger charge is -2.43. The minimum atomic E-state index is -4.55. The largest absolute Gasteiger partial charge is 0.490 e. The van der Waals surface area contributed by atoms with Crippen molar-refractivity contribution in [3.8, 4) is 11.5 Å². The van der Waals surface area contributed by atoms with Crippen LogP contribution in [0.3, 0.4) is 0 Å². The summed E-state index contributed by atoms with van der Waals surface area (Å²) in [6.45, 7) is 1.60. The number of nitrogens with zero attached hydrogens (tertiary/aromatic N) is 1. The second-order valence-electron chi connectivity index (χ2n) is 13.0. The van der Waals surface area contributed by atoms with Crippen LogP contribution in [0.15, 0.2) is 81.0 Å². The van der Waals surface area contributed by atoms with E-state index in [0.29, 0.717) is 11.4 Å². The summed E-state index contributed by atoms with van der Waals surface area (Å²) in [6, 6.07) is 16.9. The summed E-state index contributed by atoms with van der Waals surface area (Å²) in [5, 5.41) is 3.20. The Morgan fingerprint density at radius 1 is 0.980 bits per heavy atom. The number of carbonyl (C=O) groups excluding carboxylic acids is 3. The number of nitrogens with one attached hydrogen (secondary N) is 2. The van der Waals surface area contributed by atoms with Gasteiger partial charge in [0.25, 0.3) is 5.91 Å². The molecule has 2 N–H and O–H groups in total. The molecule has 3 amide bonds. The van der Waals surface area contributed by atoms with Crippen molar-refractivity contribution in [2.24, 2.45) is 29.6 Å². The van der Waals surface area contributed by atoms with Crippen molar-refractivity contribution in [1.29, 1.82) is 0 Å². The number of alkyl halides is 3. The van der Waals surface area contributed by atoms with E-state index in [-0.39, 0.29) is 63.7 Å². The fraction of sp³-hybridized carbons (Fsp3) is 0.333. The molecule has 2 aliphatic heterocycles. The lowest BCUT2D eigenvalue weighted by molar-refractivity contribution is -0.137. The van der Waals surface area contributed by atoms with Gasteiger partial charge >= 0.3 is 11.0 Å². The van der Waals surface area contributed by atoms with E-state index in [2.05, 4.69) is 26.2 Å². The van der Waals surface area contributed by atoms with Gasteiger partial charge < -0.3 is 19.8 Å². The first-order valence-electron chi connectivity index (χ1n) is 16.3. The summed E-state index contributed by atoms with van der Waals surface area (Å²) in [7, 11) is 0. The number of halogens is 4. The Labute approximate surface area is 306 Å². The summed E-state index contributed by atoms with van der Waals surface area (Å²) in [5.74, 6) is -1.72. The average Bonchev–Trinajstić information content (AvgIpc) is 3.83. The summed E-state index contributed by atoms with van der Waals surface area (Å²) in [6.07, 6.45) is -3.82. The maximum atomic E-state index is 14.0. The highest BCUT2D eigenvalue weighted by atomic mass is 79.9. The number of rotatable bonds is 8. The number of ether oxygens (including phenoxy) is 2. The number of amides is 3. The number of H-pyrrole nitrogens is 1. The smallest absolute Gasteiger partial charge is 0.416 e. The molecule has 3 heterocycles. The monoisotopic (exact) mass is 799 g/mol. The number of benzene rings is 3. The highest BCUT2D eigenvalue weighted by Gasteiger charge is 2.69. The molecule has 6 unspecified atom stereocenters. The number of hydrogen-bond acceptors (Lipinski definition) is 8. The molecule has 0 spiro atoms. The average molecular weight is 801 g/mol. The predicted octanol–water partition coefficient (Wildman–Crippen LogP) is 7.31. The minimum absolute atomic E-state index is 0.00775. The number of aromatic nitrogens is 1. The van der Waals surface area contributed by atoms with Gasteiger partial charge in [-0.3, -0.25) is 24.1 Å². The second kappa shape index (κ2) is 12.8. The number of imide groups is 1. The molecule has 9 nitrogen and oxygen atoms in total. The zero-order valence-corrected chi connectivity index (χ0v) is 30.0. The highest BCUT2D eigenvalue weighted by molar-refractivity contribution is 9.10. The highest BCUT2D eigenvalue weighted by Crippen LogP contribution is 2.69. The van der Waals surface area contributed by atoms with Crippen molar-refractivity contribution in [3.63, 3.8) is 0 Å². The molecule has 2 bridgehead atoms. The molecule has 3 aromatic carbocycles. The Morgan fingerprint density at radius 2 is 1.73 bits per heavy atom. The van der Waals surface area contributed by atoms with Crippen LogP contribution >= 0.6 is 39.0 Å². The first kappa shape index (κ1) is 34.0. The molecule has 51 heavy (non-hydrogen) atoms. The van der Waals surface area contributed by atoms with Crippen molar-refractivity contribution >= 4 is 68.1 Å². The molecule has 0 radical (unpaired) electrons. The number of anilines is 2. The Kier molecular flexibility index (Phi) is 8.57. The Bertz CT molecular complexity index is 2120. The molecule has 2 saturated carbocycles. The predicted molar refractivity (Wildman–Crippen MR) is 188 cm³/mol. The van der Waals surface area contributed by atoms with Crippen LogP contribution in [0.5, 0.6) is 11.5 Å². The standard InChI is InChI=1S/C36H29BrF3N3O6S2/c1-2-48-24-12-16(6-11-23(24)49-15-25(44)41-19-5-3-4-17(13-19)36(38,39)40)26-27-21-14-22(30(27)50-32-31(26)51-35(47)42-32)29-28(21)33(45)43(34(29)46)20-9-7-18(37)8-10-20/h3-13,21-22,26-30H,2,14-15H2,1H3,(H,41,44)(H,42,47)/t21?,22?,26-,27?,28?,29?,30?/m1/s1. The number of thioether (sulfide) groups is 1. The third-order valence-electron chi connectivity index (χ3n) is 10.3. The van der Waals surface area contributed by atoms with Gasteiger partial charge in [0.2, 0.25) is 11.8 Å². The molecule has 1 aromatic heterocycles. The number of thiazole rings is 1. The van der Waals surface area contributed by atoms with Gasteiger partial charge in [-0.05, 0) is 91.3 Å². The van der Waals surface area contributed by atoms with E-state index in [4.69, 9.17) is 9.47 Å². The van der Waals surface area contributed by atoms with Crippen molar-refractivity contribution in [3.05, 3.63) is 96.9 Å². The van der Waals surface area contributed by atoms with E-state index < -0.39 is 36.1 Å². The molecule has 264 valence electrons. The van der Waals surface area contributed by atoms with Gasteiger partial charge in [0.05, 0.1) is 34.7 Å². The minimum Gasteiger partial charge on any atom is -0.490 e. The number of hydrogen-bond donors (Lipinski definition) is 2. The van der Waals surface area contributed by atoms with Crippen molar-refractivity contribution < 1.29 is 37.0 Å². The lowest BCUT2D eigenvalue weighted by Crippen LogP contribution is -2.42. The van der Waals surface area contributed by atoms with Crippen molar-refractivity contribution in [2.75, 3.05) is 23.4 Å². The molecule has 3 fully saturated rings. The summed E-state index contributed by atoms with van der Waals surface area (Å²) in [4.78, 5) is 58.4. The molecule has 4 aliphatic rings. The molecule has 2 aliphatic carbocycles. The quantitative estimate of drug-likeness (QED) is 0.180. The van der Waals surface area contributed by atoms with Crippen LogP contribution in [0.2, 0.25) is 0 Å². The van der Waals surface area contributed by atoms with Gasteiger partial charge in [-0.2, -0.15) is 13.2 Å². The number of fused-ring (bicyclic) bond motifs is 9. The van der Waals surface area contributed by atoms with E-state index in [1.807, 2.05) is 24.3 Å². The Hall–Kier alpha value is -4.08. The fourth-order valence-electron chi connectivity index (χ4n) is 8.45. The van der Waals surface area contributed by atoms with Gasteiger partial charge in [-0.25, -0.2) is 0 Å². The molecule has 8 rings (SSSR count). The van der Waals surface area contributed by atoms with E-state index >= 15 is 0 Å². The van der Waals surface area contributed by atoms with Crippen LogP contribution in [-0.2, 0) is 20.6 Å². The zero-order valence-electron chi connectivity index (χ0n) is 26.7. The van der Waals surface area contributed by atoms with Crippen LogP contribution in [-0.4, -0.2) is 41.2 Å². The van der Waals surface area contributed by atoms with Gasteiger partial charge in [-0.15, -0.1) is 11.8 Å². The summed E-state index contributed by atoms with van der Waals surface area (Å²) >= 11 is 6.16. The first-order chi connectivity index (χ1) is 24.4. The number of aromatic amines is 1. The molecule has 15 heteroatoms. The van der Waals surface area contributed by atoms with Crippen molar-refractivity contribution in [2.45, 2.75) is 35.7 Å². The lowest BCUT2D eigenvalue weighted by atomic mass is 9.68. The molecule has 4 aromatic rings. The Balaban J connectivity index is 1.07. The third kappa shape index (κ3) is 5.86. The molecular weight excluding hydrogens is 771 g/mol. The van der Waals surface area contributed by atoms with Crippen LogP contribution in [0.1, 0.15) is 35.3 Å². The SMILES string of the molecule is CCOc1cc([C@H]2c3sc(=O)[nH]c3SC3C4CC(C5C(=O)N(c6ccc(Br)cc6)C(=O)C45)C32)ccc1OCC(=O)Nc1cccc(C(F)(F)F)c1. The zero-order chi connectivity index (χ0) is 35.8. The first-order valence-corrected chi connectivity index (χ1v) is 18.8. The van der Waals surface area contributed by atoms with E-state index in [0.717, 1.165) is 49.8 Å². The third-order valence-corrected chi connectivity index (χ3v) is 13.4. The summed E-state index contributed by atoms with van der Waals surface area (Å²) < 4.78 is 52.0. The van der Waals surface area contributed by atoms with E-state index in [1.54, 1.807) is 36.9 Å². The summed E-state index contributed by atoms with van der Waals surface area (Å²) in [5.41, 5.74) is 0.501. The Morgan fingerprint density at radius 3 is 2.45 bits per heavy atom. The van der Waals surface area contributed by atoms with Crippen LogP contribution in [0.4, 0.5) is 24.5 Å². The van der Waals surface area contributed by atoms with Gasteiger partial charge in [-0.1, -0.05) is 39.4 Å². The maximum Gasteiger partial charge on any atom is 0.416 e. The molecular formula is C36H29BrF3N3O6S2. The second-order valence-corrected chi connectivity index (χ2v) is 16.1. The molecule has 1 saturated heterocycles. The van der Waals surface area contributed by atoms with E-state index in [1.165, 1.54) is 17.0 Å². The topological polar surface area (TPSA) is 118 Å². The van der Waals surface area contributed by atoms with Crippen molar-refractivity contribution in [1.82, 2.24) is 4.98 Å². The molecule has 7 atom stereocenters. The van der Waals surface area contributed by atoms with E-state index in [9.17, 15) is 32.3 Å². The number of carbonyl (C=O) groups is 3.